The maximum absolute atomic E-state index is 13.3. The molecule has 1 aliphatic heterocycles. The first-order chi connectivity index (χ1) is 16.7. The van der Waals surface area contributed by atoms with Gasteiger partial charge in [0.25, 0.3) is 5.91 Å². The van der Waals surface area contributed by atoms with Crippen LogP contribution in [0.4, 0.5) is 5.69 Å². The molecule has 0 bridgehead atoms. The van der Waals surface area contributed by atoms with Crippen LogP contribution in [0, 0.1) is 11.8 Å². The van der Waals surface area contributed by atoms with Crippen LogP contribution in [0.2, 0.25) is 0 Å². The highest BCUT2D eigenvalue weighted by Gasteiger charge is 2.30. The molecule has 194 valence electrons. The van der Waals surface area contributed by atoms with Crippen molar-refractivity contribution < 1.29 is 23.9 Å². The quantitative estimate of drug-likeness (QED) is 0.695. The number of rotatable bonds is 4. The van der Waals surface area contributed by atoms with Gasteiger partial charge in [0.15, 0.2) is 0 Å². The van der Waals surface area contributed by atoms with Crippen molar-refractivity contribution in [3.8, 4) is 5.75 Å². The highest BCUT2D eigenvalue weighted by Crippen LogP contribution is 2.29. The predicted molar refractivity (Wildman–Crippen MR) is 136 cm³/mol. The third kappa shape index (κ3) is 6.75. The van der Waals surface area contributed by atoms with E-state index in [0.29, 0.717) is 36.5 Å². The van der Waals surface area contributed by atoms with E-state index in [1.165, 1.54) is 6.42 Å². The highest BCUT2D eigenvalue weighted by atomic mass is 16.5. The monoisotopic (exact) mass is 487 g/mol. The minimum absolute atomic E-state index is 0.0197. The molecule has 0 spiro atoms. The molecule has 1 aromatic carbocycles. The Morgan fingerprint density at radius 2 is 1.86 bits per heavy atom. The summed E-state index contributed by atoms with van der Waals surface area (Å²) in [6, 6.07) is 5.00. The summed E-state index contributed by atoms with van der Waals surface area (Å²) in [7, 11) is 3.38. The van der Waals surface area contributed by atoms with E-state index >= 15 is 0 Å². The van der Waals surface area contributed by atoms with Gasteiger partial charge in [0.2, 0.25) is 11.8 Å². The smallest absolute Gasteiger partial charge is 0.257 e. The molecule has 1 fully saturated rings. The molecule has 8 heteroatoms. The second-order valence-electron chi connectivity index (χ2n) is 10.0. The Bertz CT molecular complexity index is 899. The van der Waals surface area contributed by atoms with E-state index in [0.717, 1.165) is 25.7 Å². The van der Waals surface area contributed by atoms with E-state index in [2.05, 4.69) is 5.32 Å². The molecule has 2 aliphatic rings. The number of likely N-dealkylation sites (N-methyl/N-ethyl adjacent to an activating group) is 1. The van der Waals surface area contributed by atoms with Gasteiger partial charge in [-0.2, -0.15) is 0 Å². The van der Waals surface area contributed by atoms with E-state index in [4.69, 9.17) is 9.47 Å². The fraction of sp³-hybridized carbons (Fsp3) is 0.667. The van der Waals surface area contributed by atoms with Crippen molar-refractivity contribution in [3.63, 3.8) is 0 Å². The van der Waals surface area contributed by atoms with Gasteiger partial charge in [0, 0.05) is 57.3 Å². The lowest BCUT2D eigenvalue weighted by molar-refractivity contribution is -0.135. The van der Waals surface area contributed by atoms with Crippen LogP contribution in [-0.4, -0.2) is 73.5 Å². The first kappa shape index (κ1) is 27.0. The lowest BCUT2D eigenvalue weighted by Gasteiger charge is -2.36. The number of carbonyl (C=O) groups is 3. The maximum atomic E-state index is 13.3. The normalized spacial score (nSPS) is 24.6. The Labute approximate surface area is 209 Å². The van der Waals surface area contributed by atoms with Crippen LogP contribution in [0.3, 0.4) is 0 Å². The second kappa shape index (κ2) is 12.4. The summed E-state index contributed by atoms with van der Waals surface area (Å²) in [6.45, 7) is 6.99. The Kier molecular flexibility index (Phi) is 9.55. The summed E-state index contributed by atoms with van der Waals surface area (Å²) in [5, 5.41) is 3.02. The van der Waals surface area contributed by atoms with Gasteiger partial charge in [-0.1, -0.05) is 33.1 Å². The Morgan fingerprint density at radius 1 is 1.14 bits per heavy atom. The molecule has 0 radical (unpaired) electrons. The van der Waals surface area contributed by atoms with Crippen LogP contribution >= 0.6 is 0 Å². The lowest BCUT2D eigenvalue weighted by Crippen LogP contribution is -2.48. The number of amides is 3. The molecule has 8 nitrogen and oxygen atoms in total. The minimum atomic E-state index is -0.221. The largest absolute Gasteiger partial charge is 0.491 e. The molecule has 1 heterocycles. The first-order valence-electron chi connectivity index (χ1n) is 12.9. The molecular weight excluding hydrogens is 446 g/mol. The SMILES string of the molecule is CCC(=O)N1C[C@@H](C)[C@@H](OC)CN(C)C(=O)c2ccc(NC(=O)C3CCCCC3)cc2OC[C@@H]1C. The van der Waals surface area contributed by atoms with E-state index in [9.17, 15) is 14.4 Å². The van der Waals surface area contributed by atoms with E-state index < -0.39 is 0 Å². The first-order valence-corrected chi connectivity index (χ1v) is 12.9. The van der Waals surface area contributed by atoms with Crippen LogP contribution in [0.25, 0.3) is 0 Å². The van der Waals surface area contributed by atoms with Gasteiger partial charge in [-0.15, -0.1) is 0 Å². The molecule has 1 N–H and O–H groups in total. The molecule has 3 atom stereocenters. The summed E-state index contributed by atoms with van der Waals surface area (Å²) < 4.78 is 11.9. The second-order valence-corrected chi connectivity index (χ2v) is 10.0. The zero-order chi connectivity index (χ0) is 25.5. The zero-order valence-electron chi connectivity index (χ0n) is 21.8. The van der Waals surface area contributed by atoms with Crippen molar-refractivity contribution in [1.82, 2.24) is 9.80 Å². The number of ether oxygens (including phenoxy) is 2. The maximum Gasteiger partial charge on any atom is 0.257 e. The van der Waals surface area contributed by atoms with Crippen LogP contribution in [0.1, 0.15) is 69.7 Å². The van der Waals surface area contributed by atoms with Gasteiger partial charge in [-0.3, -0.25) is 14.4 Å². The minimum Gasteiger partial charge on any atom is -0.491 e. The summed E-state index contributed by atoms with van der Waals surface area (Å²) in [5.74, 6) is 0.365. The van der Waals surface area contributed by atoms with E-state index in [1.807, 2.05) is 25.7 Å². The fourth-order valence-corrected chi connectivity index (χ4v) is 5.01. The van der Waals surface area contributed by atoms with Crippen LogP contribution in [-0.2, 0) is 14.3 Å². The van der Waals surface area contributed by atoms with Crippen LogP contribution in [0.15, 0.2) is 18.2 Å². The molecular formula is C27H41N3O5. The summed E-state index contributed by atoms with van der Waals surface area (Å²) in [4.78, 5) is 42.3. The molecule has 1 aromatic rings. The van der Waals surface area contributed by atoms with Crippen molar-refractivity contribution in [1.29, 1.82) is 0 Å². The van der Waals surface area contributed by atoms with E-state index in [1.54, 1.807) is 37.3 Å². The van der Waals surface area contributed by atoms with E-state index in [-0.39, 0.29) is 48.3 Å². The molecule has 1 saturated carbocycles. The van der Waals surface area contributed by atoms with Crippen molar-refractivity contribution in [3.05, 3.63) is 23.8 Å². The number of nitrogens with one attached hydrogen (secondary N) is 1. The molecule has 35 heavy (non-hydrogen) atoms. The third-order valence-corrected chi connectivity index (χ3v) is 7.31. The van der Waals surface area contributed by atoms with Gasteiger partial charge >= 0.3 is 0 Å². The number of nitrogens with zero attached hydrogens (tertiary/aromatic N) is 2. The van der Waals surface area contributed by atoms with Crippen LogP contribution < -0.4 is 10.1 Å². The average Bonchev–Trinajstić information content (AvgIpc) is 2.87. The lowest BCUT2D eigenvalue weighted by atomic mass is 9.88. The van der Waals surface area contributed by atoms with Gasteiger partial charge in [-0.25, -0.2) is 0 Å². The van der Waals surface area contributed by atoms with Gasteiger partial charge in [0.1, 0.15) is 12.4 Å². The molecule has 0 saturated heterocycles. The number of hydrogen-bond acceptors (Lipinski definition) is 5. The number of carbonyl (C=O) groups excluding carboxylic acids is 3. The number of fused-ring (bicyclic) bond motifs is 1. The molecule has 0 unspecified atom stereocenters. The zero-order valence-corrected chi connectivity index (χ0v) is 21.8. The van der Waals surface area contributed by atoms with Crippen molar-refractivity contribution in [2.45, 2.75) is 71.4 Å². The van der Waals surface area contributed by atoms with Gasteiger partial charge in [0.05, 0.1) is 17.7 Å². The van der Waals surface area contributed by atoms with Crippen molar-refractivity contribution >= 4 is 23.4 Å². The predicted octanol–water partition coefficient (Wildman–Crippen LogP) is 3.95. The Balaban J connectivity index is 1.89. The van der Waals surface area contributed by atoms with Gasteiger partial charge in [-0.05, 0) is 31.9 Å². The standard InChI is InChI=1S/C27H41N3O5/c1-6-25(31)30-15-18(2)24(34-5)16-29(4)27(33)22-13-12-21(14-23(22)35-17-19(30)3)28-26(32)20-10-8-7-9-11-20/h12-14,18-20,24H,6-11,15-17H2,1-5H3,(H,28,32)/t18-,19+,24+/m1/s1. The average molecular weight is 488 g/mol. The number of benzene rings is 1. The topological polar surface area (TPSA) is 88.2 Å². The molecule has 3 rings (SSSR count). The molecule has 3 amide bonds. The Morgan fingerprint density at radius 3 is 2.51 bits per heavy atom. The summed E-state index contributed by atoms with van der Waals surface area (Å²) >= 11 is 0. The van der Waals surface area contributed by atoms with Crippen molar-refractivity contribution in [2.24, 2.45) is 11.8 Å². The number of methoxy groups -OCH3 is 1. The molecule has 0 aromatic heterocycles. The Hall–Kier alpha value is -2.61. The number of anilines is 1. The fourth-order valence-electron chi connectivity index (χ4n) is 5.01. The summed E-state index contributed by atoms with van der Waals surface area (Å²) in [5.41, 5.74) is 1.03. The highest BCUT2D eigenvalue weighted by molar-refractivity contribution is 5.98. The molecule has 1 aliphatic carbocycles. The van der Waals surface area contributed by atoms with Crippen LogP contribution in [0.5, 0.6) is 5.75 Å². The number of hydrogen-bond donors (Lipinski definition) is 1. The third-order valence-electron chi connectivity index (χ3n) is 7.31. The van der Waals surface area contributed by atoms with Crippen molar-refractivity contribution in [2.75, 3.05) is 39.2 Å². The van der Waals surface area contributed by atoms with Gasteiger partial charge < -0.3 is 24.6 Å². The summed E-state index contributed by atoms with van der Waals surface area (Å²) in [6.07, 6.45) is 5.35.